The first kappa shape index (κ1) is 22.1. The number of nitrogens with zero attached hydrogens (tertiary/aromatic N) is 3. The van der Waals surface area contributed by atoms with Crippen LogP contribution in [0, 0.1) is 0 Å². The van der Waals surface area contributed by atoms with E-state index >= 15 is 0 Å². The average molecular weight is 456 g/mol. The SMILES string of the molecule is CC(C)(C)c1ccc(S(=O)(=O)Cc2cc(C(F)F)nn2-c2cccc3ncccc23)cc1. The lowest BCUT2D eigenvalue weighted by molar-refractivity contribution is 0.145. The minimum absolute atomic E-state index is 0.116. The van der Waals surface area contributed by atoms with Crippen molar-refractivity contribution in [2.45, 2.75) is 43.3 Å². The zero-order chi connectivity index (χ0) is 23.1. The van der Waals surface area contributed by atoms with Crippen molar-refractivity contribution in [2.24, 2.45) is 0 Å². The van der Waals surface area contributed by atoms with Gasteiger partial charge in [-0.1, -0.05) is 39.0 Å². The molecule has 2 heterocycles. The number of alkyl halides is 2. The van der Waals surface area contributed by atoms with Crippen LogP contribution in [0.25, 0.3) is 16.6 Å². The first-order valence-electron chi connectivity index (χ1n) is 10.1. The molecule has 0 bridgehead atoms. The highest BCUT2D eigenvalue weighted by molar-refractivity contribution is 7.90. The Balaban J connectivity index is 1.79. The number of fused-ring (bicyclic) bond motifs is 1. The Bertz CT molecular complexity index is 1370. The lowest BCUT2D eigenvalue weighted by Crippen LogP contribution is -2.13. The molecule has 0 saturated carbocycles. The molecule has 8 heteroatoms. The predicted molar refractivity (Wildman–Crippen MR) is 120 cm³/mol. The van der Waals surface area contributed by atoms with Crippen LogP contribution in [-0.2, 0) is 21.0 Å². The zero-order valence-electron chi connectivity index (χ0n) is 18.0. The minimum Gasteiger partial charge on any atom is -0.256 e. The van der Waals surface area contributed by atoms with Gasteiger partial charge in [-0.05, 0) is 53.4 Å². The summed E-state index contributed by atoms with van der Waals surface area (Å²) in [5, 5.41) is 4.72. The Labute approximate surface area is 185 Å². The molecule has 5 nitrogen and oxygen atoms in total. The fourth-order valence-electron chi connectivity index (χ4n) is 3.57. The maximum atomic E-state index is 13.5. The van der Waals surface area contributed by atoms with E-state index in [0.717, 1.165) is 11.6 Å². The van der Waals surface area contributed by atoms with Crippen molar-refractivity contribution in [1.82, 2.24) is 14.8 Å². The molecule has 0 aliphatic rings. The number of sulfone groups is 1. The van der Waals surface area contributed by atoms with Gasteiger partial charge in [-0.3, -0.25) is 4.98 Å². The van der Waals surface area contributed by atoms with Crippen LogP contribution in [0.3, 0.4) is 0 Å². The van der Waals surface area contributed by atoms with Crippen molar-refractivity contribution in [3.63, 3.8) is 0 Å². The lowest BCUT2D eigenvalue weighted by Gasteiger charge is -2.19. The standard InChI is InChI=1S/C24H23F2N3O2S/c1-24(2,3)16-9-11-18(12-10-16)32(30,31)15-17-14-21(23(25)26)28-29(17)22-8-4-7-20-19(22)6-5-13-27-20/h4-14,23H,15H2,1-3H3. The van der Waals surface area contributed by atoms with E-state index in [4.69, 9.17) is 0 Å². The van der Waals surface area contributed by atoms with E-state index in [1.165, 1.54) is 4.68 Å². The third kappa shape index (κ3) is 4.27. The number of pyridine rings is 1. The van der Waals surface area contributed by atoms with Gasteiger partial charge in [0.1, 0.15) is 5.69 Å². The molecular formula is C24H23F2N3O2S. The van der Waals surface area contributed by atoms with Crippen molar-refractivity contribution in [2.75, 3.05) is 0 Å². The molecule has 0 saturated heterocycles. The predicted octanol–water partition coefficient (Wildman–Crippen LogP) is 5.63. The normalized spacial score (nSPS) is 12.6. The van der Waals surface area contributed by atoms with E-state index in [-0.39, 0.29) is 16.0 Å². The minimum atomic E-state index is -3.79. The van der Waals surface area contributed by atoms with Gasteiger partial charge in [-0.15, -0.1) is 0 Å². The van der Waals surface area contributed by atoms with Gasteiger partial charge in [0, 0.05) is 11.6 Å². The van der Waals surface area contributed by atoms with Gasteiger partial charge in [0.2, 0.25) is 0 Å². The van der Waals surface area contributed by atoms with Crippen molar-refractivity contribution < 1.29 is 17.2 Å². The molecule has 2 aromatic heterocycles. The van der Waals surface area contributed by atoms with Crippen LogP contribution in [0.15, 0.2) is 71.8 Å². The summed E-state index contributed by atoms with van der Waals surface area (Å²) >= 11 is 0. The second-order valence-corrected chi connectivity index (χ2v) is 10.6. The topological polar surface area (TPSA) is 64.8 Å². The van der Waals surface area contributed by atoms with Gasteiger partial charge >= 0.3 is 0 Å². The summed E-state index contributed by atoms with van der Waals surface area (Å²) < 4.78 is 54.5. The van der Waals surface area contributed by atoms with Gasteiger partial charge < -0.3 is 0 Å². The zero-order valence-corrected chi connectivity index (χ0v) is 18.8. The summed E-state index contributed by atoms with van der Waals surface area (Å²) in [6.07, 6.45) is -1.19. The molecule has 0 radical (unpaired) electrons. The smallest absolute Gasteiger partial charge is 0.256 e. The van der Waals surface area contributed by atoms with Gasteiger partial charge in [-0.2, -0.15) is 5.10 Å². The molecule has 2 aromatic carbocycles. The summed E-state index contributed by atoms with van der Waals surface area (Å²) in [5.41, 5.74) is 1.73. The molecule has 166 valence electrons. The van der Waals surface area contributed by atoms with Crippen LogP contribution >= 0.6 is 0 Å². The molecule has 0 amide bonds. The number of hydrogen-bond donors (Lipinski definition) is 0. The molecular weight excluding hydrogens is 432 g/mol. The molecule has 4 aromatic rings. The van der Waals surface area contributed by atoms with Crippen molar-refractivity contribution in [3.8, 4) is 5.69 Å². The molecule has 0 fully saturated rings. The van der Waals surface area contributed by atoms with Crippen LogP contribution in [0.5, 0.6) is 0 Å². The molecule has 4 rings (SSSR count). The van der Waals surface area contributed by atoms with Crippen LogP contribution in [-0.4, -0.2) is 23.2 Å². The Morgan fingerprint density at radius 2 is 1.72 bits per heavy atom. The highest BCUT2D eigenvalue weighted by atomic mass is 32.2. The lowest BCUT2D eigenvalue weighted by atomic mass is 9.87. The van der Waals surface area contributed by atoms with Crippen LogP contribution in [0.4, 0.5) is 8.78 Å². The Morgan fingerprint density at radius 3 is 2.38 bits per heavy atom. The molecule has 32 heavy (non-hydrogen) atoms. The third-order valence-electron chi connectivity index (χ3n) is 5.29. The van der Waals surface area contributed by atoms with Crippen molar-refractivity contribution in [3.05, 3.63) is 83.8 Å². The van der Waals surface area contributed by atoms with E-state index in [2.05, 4.69) is 10.1 Å². The maximum absolute atomic E-state index is 13.5. The van der Waals surface area contributed by atoms with E-state index in [1.54, 1.807) is 60.8 Å². The molecule has 0 N–H and O–H groups in total. The molecule has 0 spiro atoms. The van der Waals surface area contributed by atoms with E-state index in [1.807, 2.05) is 20.8 Å². The number of halogens is 2. The van der Waals surface area contributed by atoms with E-state index in [9.17, 15) is 17.2 Å². The van der Waals surface area contributed by atoms with Crippen molar-refractivity contribution >= 4 is 20.7 Å². The highest BCUT2D eigenvalue weighted by Gasteiger charge is 2.24. The Morgan fingerprint density at radius 1 is 1.00 bits per heavy atom. The summed E-state index contributed by atoms with van der Waals surface area (Å²) in [7, 11) is -3.79. The maximum Gasteiger partial charge on any atom is 0.282 e. The monoisotopic (exact) mass is 455 g/mol. The van der Waals surface area contributed by atoms with Crippen LogP contribution < -0.4 is 0 Å². The first-order valence-corrected chi connectivity index (χ1v) is 11.8. The highest BCUT2D eigenvalue weighted by Crippen LogP contribution is 2.29. The summed E-state index contributed by atoms with van der Waals surface area (Å²) in [6, 6.07) is 16.6. The Hall–Kier alpha value is -3.13. The summed E-state index contributed by atoms with van der Waals surface area (Å²) in [6.45, 7) is 6.12. The van der Waals surface area contributed by atoms with Gasteiger partial charge in [-0.25, -0.2) is 21.9 Å². The molecule has 0 aliphatic carbocycles. The van der Waals surface area contributed by atoms with Gasteiger partial charge in [0.15, 0.2) is 9.84 Å². The van der Waals surface area contributed by atoms with E-state index in [0.29, 0.717) is 16.6 Å². The molecule has 0 aliphatic heterocycles. The quantitative estimate of drug-likeness (QED) is 0.391. The number of aromatic nitrogens is 3. The van der Waals surface area contributed by atoms with Crippen molar-refractivity contribution in [1.29, 1.82) is 0 Å². The van der Waals surface area contributed by atoms with E-state index < -0.39 is 27.7 Å². The molecule has 0 unspecified atom stereocenters. The third-order valence-corrected chi connectivity index (χ3v) is 6.96. The summed E-state index contributed by atoms with van der Waals surface area (Å²) in [4.78, 5) is 4.42. The Kier molecular flexibility index (Phi) is 5.58. The first-order chi connectivity index (χ1) is 15.1. The van der Waals surface area contributed by atoms with Gasteiger partial charge in [0.05, 0.1) is 27.5 Å². The summed E-state index contributed by atoms with van der Waals surface area (Å²) in [5.74, 6) is -0.460. The van der Waals surface area contributed by atoms with Gasteiger partial charge in [0.25, 0.3) is 6.43 Å². The second kappa shape index (κ2) is 8.09. The number of rotatable bonds is 5. The fourth-order valence-corrected chi connectivity index (χ4v) is 4.88. The van der Waals surface area contributed by atoms with Crippen LogP contribution in [0.1, 0.15) is 44.1 Å². The number of benzene rings is 2. The second-order valence-electron chi connectivity index (χ2n) is 8.65. The van der Waals surface area contributed by atoms with Crippen LogP contribution in [0.2, 0.25) is 0 Å². The molecule has 0 atom stereocenters. The fraction of sp³-hybridized carbons (Fsp3) is 0.250. The average Bonchev–Trinajstić information content (AvgIpc) is 3.16. The number of hydrogen-bond acceptors (Lipinski definition) is 4. The largest absolute Gasteiger partial charge is 0.282 e.